The highest BCUT2D eigenvalue weighted by Crippen LogP contribution is 2.24. The van der Waals surface area contributed by atoms with Crippen LogP contribution in [0.25, 0.3) is 0 Å². The van der Waals surface area contributed by atoms with E-state index >= 15 is 0 Å². The maximum atomic E-state index is 4.51. The first-order valence-corrected chi connectivity index (χ1v) is 9.20. The van der Waals surface area contributed by atoms with Crippen LogP contribution in [-0.4, -0.2) is 37.2 Å². The number of piperidine rings is 1. The minimum Gasteiger partial charge on any atom is -0.335 e. The van der Waals surface area contributed by atoms with E-state index in [1.165, 1.54) is 37.9 Å². The van der Waals surface area contributed by atoms with Gasteiger partial charge >= 0.3 is 0 Å². The Hall–Kier alpha value is -1.62. The zero-order chi connectivity index (χ0) is 17.2. The SMILES string of the molecule is Cc1nccn1CC[C@H]1CCCCN1Cc1cc(C(C)(C)C)n[nH]1. The summed E-state index contributed by atoms with van der Waals surface area (Å²) in [6, 6.07) is 2.90. The summed E-state index contributed by atoms with van der Waals surface area (Å²) >= 11 is 0. The highest BCUT2D eigenvalue weighted by molar-refractivity contribution is 5.16. The number of imidazole rings is 1. The van der Waals surface area contributed by atoms with Crippen molar-refractivity contribution in [1.29, 1.82) is 0 Å². The molecule has 3 heterocycles. The smallest absolute Gasteiger partial charge is 0.105 e. The van der Waals surface area contributed by atoms with Crippen LogP contribution in [0.15, 0.2) is 18.5 Å². The van der Waals surface area contributed by atoms with E-state index in [4.69, 9.17) is 0 Å². The number of aryl methyl sites for hydroxylation is 2. The van der Waals surface area contributed by atoms with Crippen molar-refractivity contribution in [3.63, 3.8) is 0 Å². The molecule has 1 fully saturated rings. The highest BCUT2D eigenvalue weighted by atomic mass is 15.2. The van der Waals surface area contributed by atoms with Crippen LogP contribution < -0.4 is 0 Å². The largest absolute Gasteiger partial charge is 0.335 e. The third kappa shape index (κ3) is 4.07. The molecule has 0 spiro atoms. The topological polar surface area (TPSA) is 49.7 Å². The van der Waals surface area contributed by atoms with Gasteiger partial charge in [-0.15, -0.1) is 0 Å². The Morgan fingerprint density at radius 1 is 1.29 bits per heavy atom. The van der Waals surface area contributed by atoms with Gasteiger partial charge in [-0.2, -0.15) is 5.10 Å². The quantitative estimate of drug-likeness (QED) is 0.911. The first-order chi connectivity index (χ1) is 11.4. The number of rotatable bonds is 5. The van der Waals surface area contributed by atoms with Gasteiger partial charge in [0.2, 0.25) is 0 Å². The lowest BCUT2D eigenvalue weighted by Gasteiger charge is -2.35. The molecule has 5 heteroatoms. The lowest BCUT2D eigenvalue weighted by molar-refractivity contribution is 0.126. The van der Waals surface area contributed by atoms with E-state index in [1.54, 1.807) is 0 Å². The third-order valence-corrected chi connectivity index (χ3v) is 5.15. The molecule has 1 aliphatic rings. The normalized spacial score (nSPS) is 19.8. The highest BCUT2D eigenvalue weighted by Gasteiger charge is 2.24. The van der Waals surface area contributed by atoms with Crippen LogP contribution in [0, 0.1) is 6.92 Å². The summed E-state index contributed by atoms with van der Waals surface area (Å²) in [6.07, 6.45) is 9.13. The van der Waals surface area contributed by atoms with Crippen molar-refractivity contribution in [3.05, 3.63) is 35.7 Å². The van der Waals surface area contributed by atoms with Crippen molar-refractivity contribution < 1.29 is 0 Å². The first kappa shape index (κ1) is 17.2. The van der Waals surface area contributed by atoms with Crippen molar-refractivity contribution in [3.8, 4) is 0 Å². The second-order valence-electron chi connectivity index (χ2n) is 8.11. The molecule has 3 rings (SSSR count). The van der Waals surface area contributed by atoms with Gasteiger partial charge in [0.05, 0.1) is 5.69 Å². The van der Waals surface area contributed by atoms with Crippen LogP contribution in [0.4, 0.5) is 0 Å². The second kappa shape index (κ2) is 7.09. The van der Waals surface area contributed by atoms with E-state index < -0.39 is 0 Å². The molecule has 0 bridgehead atoms. The van der Waals surface area contributed by atoms with Crippen molar-refractivity contribution in [2.24, 2.45) is 0 Å². The molecule has 132 valence electrons. The molecular weight excluding hydrogens is 298 g/mol. The van der Waals surface area contributed by atoms with Crippen LogP contribution in [0.1, 0.15) is 63.7 Å². The Labute approximate surface area is 145 Å². The molecule has 1 atom stereocenters. The number of H-pyrrole nitrogens is 1. The van der Waals surface area contributed by atoms with E-state index in [0.717, 1.165) is 24.6 Å². The summed E-state index contributed by atoms with van der Waals surface area (Å²) in [5.41, 5.74) is 2.50. The molecule has 2 aromatic heterocycles. The lowest BCUT2D eigenvalue weighted by atomic mass is 9.92. The number of likely N-dealkylation sites (tertiary alicyclic amines) is 1. The number of nitrogens with one attached hydrogen (secondary N) is 1. The molecule has 0 saturated carbocycles. The molecule has 1 saturated heterocycles. The van der Waals surface area contributed by atoms with Crippen LogP contribution in [0.2, 0.25) is 0 Å². The molecule has 0 aliphatic carbocycles. The first-order valence-electron chi connectivity index (χ1n) is 9.20. The van der Waals surface area contributed by atoms with E-state index in [-0.39, 0.29) is 5.41 Å². The van der Waals surface area contributed by atoms with Gasteiger partial charge in [-0.3, -0.25) is 10.00 Å². The Balaban J connectivity index is 1.62. The number of hydrogen-bond acceptors (Lipinski definition) is 3. The maximum absolute atomic E-state index is 4.51. The molecule has 2 aromatic rings. The summed E-state index contributed by atoms with van der Waals surface area (Å²) in [4.78, 5) is 6.96. The van der Waals surface area contributed by atoms with Crippen LogP contribution >= 0.6 is 0 Å². The molecule has 0 amide bonds. The summed E-state index contributed by atoms with van der Waals surface area (Å²) in [5.74, 6) is 1.11. The molecule has 0 unspecified atom stereocenters. The van der Waals surface area contributed by atoms with Gasteiger partial charge in [0.15, 0.2) is 0 Å². The van der Waals surface area contributed by atoms with Crippen molar-refractivity contribution in [2.45, 2.75) is 77.9 Å². The average molecular weight is 329 g/mol. The van der Waals surface area contributed by atoms with Crippen LogP contribution in [0.3, 0.4) is 0 Å². The van der Waals surface area contributed by atoms with Gasteiger partial charge in [-0.05, 0) is 38.8 Å². The minimum atomic E-state index is 0.106. The monoisotopic (exact) mass is 329 g/mol. The predicted octanol–water partition coefficient (Wildman–Crippen LogP) is 3.66. The van der Waals surface area contributed by atoms with Crippen LogP contribution in [0.5, 0.6) is 0 Å². The maximum Gasteiger partial charge on any atom is 0.105 e. The minimum absolute atomic E-state index is 0.106. The molecule has 5 nitrogen and oxygen atoms in total. The van der Waals surface area contributed by atoms with E-state index in [2.05, 4.69) is 64.6 Å². The zero-order valence-electron chi connectivity index (χ0n) is 15.5. The summed E-state index contributed by atoms with van der Waals surface area (Å²) in [6.45, 7) is 12.0. The Morgan fingerprint density at radius 3 is 2.79 bits per heavy atom. The summed E-state index contributed by atoms with van der Waals surface area (Å²) in [5, 5.41) is 7.76. The van der Waals surface area contributed by atoms with Crippen molar-refractivity contribution in [2.75, 3.05) is 6.54 Å². The van der Waals surface area contributed by atoms with Gasteiger partial charge in [0.25, 0.3) is 0 Å². The van der Waals surface area contributed by atoms with Gasteiger partial charge in [-0.1, -0.05) is 27.2 Å². The molecule has 0 radical (unpaired) electrons. The molecule has 1 aliphatic heterocycles. The van der Waals surface area contributed by atoms with Crippen LogP contribution in [-0.2, 0) is 18.5 Å². The zero-order valence-corrected chi connectivity index (χ0v) is 15.5. The fraction of sp³-hybridized carbons (Fsp3) is 0.684. The van der Waals surface area contributed by atoms with Crippen molar-refractivity contribution in [1.82, 2.24) is 24.6 Å². The van der Waals surface area contributed by atoms with E-state index in [9.17, 15) is 0 Å². The van der Waals surface area contributed by atoms with Crippen molar-refractivity contribution >= 4 is 0 Å². The molecule has 24 heavy (non-hydrogen) atoms. The lowest BCUT2D eigenvalue weighted by Crippen LogP contribution is -2.39. The Morgan fingerprint density at radius 2 is 2.12 bits per heavy atom. The van der Waals surface area contributed by atoms with Gasteiger partial charge in [0, 0.05) is 42.6 Å². The summed E-state index contributed by atoms with van der Waals surface area (Å²) in [7, 11) is 0. The standard InChI is InChI=1S/C19H31N5/c1-15-20-9-12-23(15)11-8-17-7-5-6-10-24(17)14-16-13-18(22-21-16)19(2,3)4/h9,12-13,17H,5-8,10-11,14H2,1-4H3,(H,21,22)/t17-/m1/s1. The van der Waals surface area contributed by atoms with Gasteiger partial charge in [-0.25, -0.2) is 4.98 Å². The average Bonchev–Trinajstić information content (AvgIpc) is 3.15. The predicted molar refractivity (Wildman–Crippen MR) is 96.9 cm³/mol. The fourth-order valence-corrected chi connectivity index (χ4v) is 3.57. The second-order valence-corrected chi connectivity index (χ2v) is 8.11. The number of nitrogens with zero attached hydrogens (tertiary/aromatic N) is 4. The van der Waals surface area contributed by atoms with E-state index in [0.29, 0.717) is 6.04 Å². The molecular formula is C19H31N5. The van der Waals surface area contributed by atoms with E-state index in [1.807, 2.05) is 6.20 Å². The molecule has 1 N–H and O–H groups in total. The number of aromatic amines is 1. The molecule has 0 aromatic carbocycles. The third-order valence-electron chi connectivity index (χ3n) is 5.15. The Kier molecular flexibility index (Phi) is 5.09. The number of hydrogen-bond donors (Lipinski definition) is 1. The number of aromatic nitrogens is 4. The fourth-order valence-electron chi connectivity index (χ4n) is 3.57. The van der Waals surface area contributed by atoms with Gasteiger partial charge in [0.1, 0.15) is 5.82 Å². The Bertz CT molecular complexity index is 649. The van der Waals surface area contributed by atoms with Gasteiger partial charge < -0.3 is 4.57 Å². The summed E-state index contributed by atoms with van der Waals surface area (Å²) < 4.78 is 2.26.